The SMILES string of the molecule is C/C=C\CCCCCC(C)C. The summed E-state index contributed by atoms with van der Waals surface area (Å²) in [4.78, 5) is 0. The molecule has 0 heterocycles. The van der Waals surface area contributed by atoms with E-state index in [1.807, 2.05) is 0 Å². The first-order chi connectivity index (χ1) is 5.27. The van der Waals surface area contributed by atoms with Crippen LogP contribution in [-0.4, -0.2) is 0 Å². The van der Waals surface area contributed by atoms with Gasteiger partial charge in [-0.3, -0.25) is 0 Å². The Labute approximate surface area is 71.7 Å². The summed E-state index contributed by atoms with van der Waals surface area (Å²) >= 11 is 0. The molecule has 0 aromatic heterocycles. The van der Waals surface area contributed by atoms with Crippen molar-refractivity contribution >= 4 is 0 Å². The molecule has 0 aliphatic carbocycles. The second-order valence-corrected chi connectivity index (χ2v) is 3.60. The van der Waals surface area contributed by atoms with E-state index in [-0.39, 0.29) is 0 Å². The molecule has 0 amide bonds. The van der Waals surface area contributed by atoms with Gasteiger partial charge in [0.15, 0.2) is 0 Å². The van der Waals surface area contributed by atoms with Gasteiger partial charge in [-0.2, -0.15) is 0 Å². The van der Waals surface area contributed by atoms with Crippen molar-refractivity contribution in [2.24, 2.45) is 5.92 Å². The zero-order valence-corrected chi connectivity index (χ0v) is 8.27. The molecule has 0 saturated heterocycles. The fraction of sp³-hybridized carbons (Fsp3) is 0.818. The molecule has 0 unspecified atom stereocenters. The first-order valence-electron chi connectivity index (χ1n) is 4.88. The molecule has 0 aromatic rings. The van der Waals surface area contributed by atoms with Crippen molar-refractivity contribution in [3.8, 4) is 0 Å². The molecule has 0 N–H and O–H groups in total. The number of allylic oxidation sites excluding steroid dienone is 2. The quantitative estimate of drug-likeness (QED) is 0.398. The Balaban J connectivity index is 2.91. The van der Waals surface area contributed by atoms with Crippen molar-refractivity contribution < 1.29 is 0 Å². The molecule has 0 nitrogen and oxygen atoms in total. The predicted molar refractivity (Wildman–Crippen MR) is 52.7 cm³/mol. The van der Waals surface area contributed by atoms with Crippen molar-refractivity contribution in [2.75, 3.05) is 0 Å². The number of unbranched alkanes of at least 4 members (excludes halogenated alkanes) is 3. The summed E-state index contributed by atoms with van der Waals surface area (Å²) < 4.78 is 0. The van der Waals surface area contributed by atoms with Gasteiger partial charge in [-0.25, -0.2) is 0 Å². The zero-order valence-electron chi connectivity index (χ0n) is 8.27. The Bertz CT molecular complexity index is 90.2. The third-order valence-corrected chi connectivity index (χ3v) is 1.89. The zero-order chi connectivity index (χ0) is 8.53. The first kappa shape index (κ1) is 10.7. The van der Waals surface area contributed by atoms with E-state index in [2.05, 4.69) is 32.9 Å². The molecule has 0 spiro atoms. The van der Waals surface area contributed by atoms with Gasteiger partial charge in [-0.15, -0.1) is 0 Å². The van der Waals surface area contributed by atoms with Crippen LogP contribution in [-0.2, 0) is 0 Å². The molecule has 66 valence electrons. The largest absolute Gasteiger partial charge is 0.0917 e. The lowest BCUT2D eigenvalue weighted by molar-refractivity contribution is 0.528. The summed E-state index contributed by atoms with van der Waals surface area (Å²) in [7, 11) is 0. The molecule has 0 rings (SSSR count). The maximum atomic E-state index is 2.30. The molecule has 0 aromatic carbocycles. The van der Waals surface area contributed by atoms with E-state index >= 15 is 0 Å². The molecule has 0 radical (unpaired) electrons. The van der Waals surface area contributed by atoms with Gasteiger partial charge in [-0.1, -0.05) is 45.3 Å². The smallest absolute Gasteiger partial charge is 0.0351 e. The van der Waals surface area contributed by atoms with Gasteiger partial charge in [0.1, 0.15) is 0 Å². The highest BCUT2D eigenvalue weighted by molar-refractivity contribution is 4.76. The van der Waals surface area contributed by atoms with E-state index in [9.17, 15) is 0 Å². The molecule has 11 heavy (non-hydrogen) atoms. The van der Waals surface area contributed by atoms with Crippen LogP contribution in [0.4, 0.5) is 0 Å². The minimum atomic E-state index is 0.886. The van der Waals surface area contributed by atoms with Gasteiger partial charge in [0, 0.05) is 0 Å². The average molecular weight is 154 g/mol. The fourth-order valence-corrected chi connectivity index (χ4v) is 1.16. The summed E-state index contributed by atoms with van der Waals surface area (Å²) in [5.41, 5.74) is 0. The summed E-state index contributed by atoms with van der Waals surface area (Å²) in [6, 6.07) is 0. The molecule has 0 fully saturated rings. The van der Waals surface area contributed by atoms with Crippen molar-refractivity contribution in [3.63, 3.8) is 0 Å². The Morgan fingerprint density at radius 2 is 1.82 bits per heavy atom. The highest BCUT2D eigenvalue weighted by Gasteiger charge is 1.92. The Morgan fingerprint density at radius 1 is 1.09 bits per heavy atom. The van der Waals surface area contributed by atoms with Gasteiger partial charge < -0.3 is 0 Å². The summed E-state index contributed by atoms with van der Waals surface area (Å²) in [6.45, 7) is 6.69. The summed E-state index contributed by atoms with van der Waals surface area (Å²) in [6.07, 6.45) is 11.3. The van der Waals surface area contributed by atoms with Crippen molar-refractivity contribution in [2.45, 2.75) is 52.9 Å². The highest BCUT2D eigenvalue weighted by Crippen LogP contribution is 2.09. The first-order valence-corrected chi connectivity index (χ1v) is 4.88. The van der Waals surface area contributed by atoms with Crippen LogP contribution >= 0.6 is 0 Å². The van der Waals surface area contributed by atoms with Gasteiger partial charge in [-0.05, 0) is 25.7 Å². The second-order valence-electron chi connectivity index (χ2n) is 3.60. The van der Waals surface area contributed by atoms with Crippen LogP contribution in [0.25, 0.3) is 0 Å². The molecular formula is C11H22. The second kappa shape index (κ2) is 7.84. The third-order valence-electron chi connectivity index (χ3n) is 1.89. The number of hydrogen-bond donors (Lipinski definition) is 0. The van der Waals surface area contributed by atoms with Crippen LogP contribution in [0.3, 0.4) is 0 Å². The minimum absolute atomic E-state index is 0.886. The van der Waals surface area contributed by atoms with E-state index in [0.717, 1.165) is 5.92 Å². The van der Waals surface area contributed by atoms with Gasteiger partial charge in [0.05, 0.1) is 0 Å². The minimum Gasteiger partial charge on any atom is -0.0917 e. The Kier molecular flexibility index (Phi) is 7.66. The third kappa shape index (κ3) is 9.74. The summed E-state index contributed by atoms with van der Waals surface area (Å²) in [5, 5.41) is 0. The highest BCUT2D eigenvalue weighted by atomic mass is 14.0. The predicted octanol–water partition coefficient (Wildman–Crippen LogP) is 4.17. The van der Waals surface area contributed by atoms with Crippen LogP contribution < -0.4 is 0 Å². The van der Waals surface area contributed by atoms with Crippen molar-refractivity contribution in [3.05, 3.63) is 12.2 Å². The molecule has 0 heteroatoms. The van der Waals surface area contributed by atoms with Crippen LogP contribution in [0.2, 0.25) is 0 Å². The maximum Gasteiger partial charge on any atom is -0.0351 e. The topological polar surface area (TPSA) is 0 Å². The standard InChI is InChI=1S/C11H22/c1-4-5-6-7-8-9-10-11(2)3/h4-5,11H,6-10H2,1-3H3/b5-4-. The lowest BCUT2D eigenvalue weighted by Crippen LogP contribution is -1.86. The lowest BCUT2D eigenvalue weighted by Gasteiger charge is -2.02. The lowest BCUT2D eigenvalue weighted by atomic mass is 10.0. The van der Waals surface area contributed by atoms with E-state index in [4.69, 9.17) is 0 Å². The van der Waals surface area contributed by atoms with Crippen molar-refractivity contribution in [1.82, 2.24) is 0 Å². The molecule has 0 aliphatic heterocycles. The summed E-state index contributed by atoms with van der Waals surface area (Å²) in [5.74, 6) is 0.886. The normalized spacial score (nSPS) is 11.6. The maximum absolute atomic E-state index is 2.30. The Hall–Kier alpha value is -0.260. The average Bonchev–Trinajstić information content (AvgIpc) is 1.96. The van der Waals surface area contributed by atoms with E-state index in [0.29, 0.717) is 0 Å². The molecule has 0 bridgehead atoms. The van der Waals surface area contributed by atoms with Crippen LogP contribution in [0.15, 0.2) is 12.2 Å². The number of hydrogen-bond acceptors (Lipinski definition) is 0. The van der Waals surface area contributed by atoms with E-state index < -0.39 is 0 Å². The van der Waals surface area contributed by atoms with E-state index in [1.54, 1.807) is 0 Å². The Morgan fingerprint density at radius 3 is 2.36 bits per heavy atom. The van der Waals surface area contributed by atoms with Gasteiger partial charge in [0.2, 0.25) is 0 Å². The molecular weight excluding hydrogens is 132 g/mol. The van der Waals surface area contributed by atoms with Crippen molar-refractivity contribution in [1.29, 1.82) is 0 Å². The van der Waals surface area contributed by atoms with Gasteiger partial charge in [0.25, 0.3) is 0 Å². The molecule has 0 saturated carbocycles. The van der Waals surface area contributed by atoms with Crippen LogP contribution in [0.5, 0.6) is 0 Å². The van der Waals surface area contributed by atoms with Crippen LogP contribution in [0, 0.1) is 5.92 Å². The number of rotatable bonds is 6. The van der Waals surface area contributed by atoms with E-state index in [1.165, 1.54) is 32.1 Å². The van der Waals surface area contributed by atoms with Gasteiger partial charge >= 0.3 is 0 Å². The monoisotopic (exact) mass is 154 g/mol. The molecule has 0 aliphatic rings. The van der Waals surface area contributed by atoms with Crippen LogP contribution in [0.1, 0.15) is 52.9 Å². The fourth-order valence-electron chi connectivity index (χ4n) is 1.16. The molecule has 0 atom stereocenters.